The number of hydrogen-bond donors (Lipinski definition) is 2. The van der Waals surface area contributed by atoms with Crippen molar-refractivity contribution in [2.75, 3.05) is 24.9 Å². The van der Waals surface area contributed by atoms with Crippen LogP contribution in [0.2, 0.25) is 0 Å². The van der Waals surface area contributed by atoms with Crippen molar-refractivity contribution in [3.8, 4) is 11.5 Å². The third-order valence-electron chi connectivity index (χ3n) is 3.31. The summed E-state index contributed by atoms with van der Waals surface area (Å²) in [4.78, 5) is 16.1. The van der Waals surface area contributed by atoms with Crippen LogP contribution >= 0.6 is 0 Å². The molecule has 0 saturated carbocycles. The average molecular weight is 329 g/mol. The molecule has 0 saturated heterocycles. The molecule has 1 aromatic carbocycles. The number of hydrogen-bond acceptors (Lipinski definition) is 5. The fourth-order valence-corrected chi connectivity index (χ4v) is 2.16. The van der Waals surface area contributed by atoms with Crippen LogP contribution in [-0.2, 0) is 4.79 Å². The number of pyridine rings is 1. The Morgan fingerprint density at radius 3 is 2.54 bits per heavy atom. The molecule has 0 aliphatic rings. The number of ether oxygens (including phenoxy) is 2. The molecule has 24 heavy (non-hydrogen) atoms. The molecule has 6 heteroatoms. The van der Waals surface area contributed by atoms with Crippen molar-refractivity contribution in [1.82, 2.24) is 4.98 Å². The van der Waals surface area contributed by atoms with Crippen LogP contribution in [0.15, 0.2) is 36.5 Å². The molecule has 0 aliphatic heterocycles. The highest BCUT2D eigenvalue weighted by Gasteiger charge is 2.08. The monoisotopic (exact) mass is 329 g/mol. The minimum Gasteiger partial charge on any atom is -0.497 e. The van der Waals surface area contributed by atoms with Gasteiger partial charge in [0.1, 0.15) is 17.3 Å². The zero-order valence-corrected chi connectivity index (χ0v) is 14.4. The molecule has 0 spiro atoms. The average Bonchev–Trinajstić information content (AvgIpc) is 2.56. The summed E-state index contributed by atoms with van der Waals surface area (Å²) in [5, 5.41) is 6.01. The summed E-state index contributed by atoms with van der Waals surface area (Å²) < 4.78 is 10.5. The molecular formula is C18H23N3O3. The van der Waals surface area contributed by atoms with Gasteiger partial charge in [0.05, 0.1) is 31.8 Å². The van der Waals surface area contributed by atoms with Gasteiger partial charge in [-0.3, -0.25) is 4.79 Å². The first kappa shape index (κ1) is 17.6. The van der Waals surface area contributed by atoms with E-state index in [2.05, 4.69) is 15.6 Å². The molecule has 0 bridgehead atoms. The number of nitrogens with zero attached hydrogens (tertiary/aromatic N) is 1. The molecule has 0 radical (unpaired) electrons. The maximum absolute atomic E-state index is 11.8. The second kappa shape index (κ2) is 8.19. The van der Waals surface area contributed by atoms with Gasteiger partial charge in [-0.25, -0.2) is 4.98 Å². The Bertz CT molecular complexity index is 684. The van der Waals surface area contributed by atoms with Crippen molar-refractivity contribution in [1.29, 1.82) is 0 Å². The highest BCUT2D eigenvalue weighted by atomic mass is 16.5. The Labute approximate surface area is 142 Å². The van der Waals surface area contributed by atoms with Crippen molar-refractivity contribution >= 4 is 23.1 Å². The Morgan fingerprint density at radius 1 is 1.17 bits per heavy atom. The standard InChI is InChI=1S/C18H23N3O3/c1-12(2)9-18(22)20-13-5-8-17(19-11-13)21-15-7-6-14(23-3)10-16(15)24-4/h5-8,10-12H,9H2,1-4H3,(H,19,21)(H,20,22). The lowest BCUT2D eigenvalue weighted by Crippen LogP contribution is -2.13. The van der Waals surface area contributed by atoms with E-state index in [1.54, 1.807) is 32.5 Å². The number of benzene rings is 1. The fourth-order valence-electron chi connectivity index (χ4n) is 2.16. The normalized spacial score (nSPS) is 10.4. The van der Waals surface area contributed by atoms with Crippen LogP contribution in [0.3, 0.4) is 0 Å². The second-order valence-corrected chi connectivity index (χ2v) is 5.77. The van der Waals surface area contributed by atoms with E-state index >= 15 is 0 Å². The van der Waals surface area contributed by atoms with Crippen LogP contribution in [0.1, 0.15) is 20.3 Å². The van der Waals surface area contributed by atoms with Gasteiger partial charge < -0.3 is 20.1 Å². The maximum Gasteiger partial charge on any atom is 0.224 e. The van der Waals surface area contributed by atoms with E-state index in [4.69, 9.17) is 9.47 Å². The molecule has 2 aromatic rings. The van der Waals surface area contributed by atoms with Crippen molar-refractivity contribution in [3.05, 3.63) is 36.5 Å². The smallest absolute Gasteiger partial charge is 0.224 e. The third-order valence-corrected chi connectivity index (χ3v) is 3.31. The number of carbonyl (C=O) groups is 1. The molecule has 1 amide bonds. The molecule has 1 aromatic heterocycles. The number of carbonyl (C=O) groups excluding carboxylic acids is 1. The zero-order chi connectivity index (χ0) is 17.5. The van der Waals surface area contributed by atoms with Gasteiger partial charge in [-0.05, 0) is 30.2 Å². The van der Waals surface area contributed by atoms with E-state index in [0.717, 1.165) is 5.69 Å². The number of anilines is 3. The predicted molar refractivity (Wildman–Crippen MR) is 95.2 cm³/mol. The van der Waals surface area contributed by atoms with Gasteiger partial charge >= 0.3 is 0 Å². The van der Waals surface area contributed by atoms with E-state index in [0.29, 0.717) is 35.3 Å². The first-order valence-corrected chi connectivity index (χ1v) is 7.76. The summed E-state index contributed by atoms with van der Waals surface area (Å²) in [7, 11) is 3.20. The topological polar surface area (TPSA) is 72.5 Å². The van der Waals surface area contributed by atoms with Crippen LogP contribution in [-0.4, -0.2) is 25.1 Å². The van der Waals surface area contributed by atoms with E-state index < -0.39 is 0 Å². The summed E-state index contributed by atoms with van der Waals surface area (Å²) >= 11 is 0. The van der Waals surface area contributed by atoms with E-state index in [1.165, 1.54) is 0 Å². The van der Waals surface area contributed by atoms with Gasteiger partial charge in [-0.2, -0.15) is 0 Å². The molecule has 2 N–H and O–H groups in total. The molecular weight excluding hydrogens is 306 g/mol. The van der Waals surface area contributed by atoms with Crippen molar-refractivity contribution in [2.45, 2.75) is 20.3 Å². The molecule has 1 heterocycles. The fraction of sp³-hybridized carbons (Fsp3) is 0.333. The van der Waals surface area contributed by atoms with Crippen molar-refractivity contribution < 1.29 is 14.3 Å². The number of aromatic nitrogens is 1. The first-order chi connectivity index (χ1) is 11.5. The van der Waals surface area contributed by atoms with Crippen LogP contribution in [0.4, 0.5) is 17.2 Å². The number of rotatable bonds is 7. The lowest BCUT2D eigenvalue weighted by Gasteiger charge is -2.12. The predicted octanol–water partition coefficient (Wildman–Crippen LogP) is 3.83. The Morgan fingerprint density at radius 2 is 1.96 bits per heavy atom. The highest BCUT2D eigenvalue weighted by molar-refractivity contribution is 5.90. The molecule has 2 rings (SSSR count). The minimum atomic E-state index is -0.00988. The minimum absolute atomic E-state index is 0.00988. The molecule has 0 aliphatic carbocycles. The largest absolute Gasteiger partial charge is 0.497 e. The second-order valence-electron chi connectivity index (χ2n) is 5.77. The van der Waals surface area contributed by atoms with Crippen LogP contribution in [0, 0.1) is 5.92 Å². The summed E-state index contributed by atoms with van der Waals surface area (Å²) in [5.74, 6) is 2.34. The summed E-state index contributed by atoms with van der Waals surface area (Å²) in [5.41, 5.74) is 1.45. The van der Waals surface area contributed by atoms with Gasteiger partial charge in [0, 0.05) is 12.5 Å². The van der Waals surface area contributed by atoms with Gasteiger partial charge in [0.15, 0.2) is 0 Å². The van der Waals surface area contributed by atoms with E-state index in [1.807, 2.05) is 32.0 Å². The van der Waals surface area contributed by atoms with Crippen LogP contribution < -0.4 is 20.1 Å². The van der Waals surface area contributed by atoms with Crippen molar-refractivity contribution in [2.24, 2.45) is 5.92 Å². The zero-order valence-electron chi connectivity index (χ0n) is 14.4. The molecule has 128 valence electrons. The number of methoxy groups -OCH3 is 2. The molecule has 0 atom stereocenters. The first-order valence-electron chi connectivity index (χ1n) is 7.76. The number of amides is 1. The van der Waals surface area contributed by atoms with E-state index in [-0.39, 0.29) is 5.91 Å². The third kappa shape index (κ3) is 4.87. The Hall–Kier alpha value is -2.76. The summed E-state index contributed by atoms with van der Waals surface area (Å²) in [6, 6.07) is 9.10. The van der Waals surface area contributed by atoms with Gasteiger partial charge in [-0.1, -0.05) is 13.8 Å². The Kier molecular flexibility index (Phi) is 6.01. The van der Waals surface area contributed by atoms with Gasteiger partial charge in [0.2, 0.25) is 5.91 Å². The van der Waals surface area contributed by atoms with Crippen LogP contribution in [0.5, 0.6) is 11.5 Å². The van der Waals surface area contributed by atoms with Gasteiger partial charge in [0.25, 0.3) is 0 Å². The van der Waals surface area contributed by atoms with E-state index in [9.17, 15) is 4.79 Å². The number of nitrogens with one attached hydrogen (secondary N) is 2. The quantitative estimate of drug-likeness (QED) is 0.808. The highest BCUT2D eigenvalue weighted by Crippen LogP contribution is 2.31. The van der Waals surface area contributed by atoms with Crippen LogP contribution in [0.25, 0.3) is 0 Å². The molecule has 6 nitrogen and oxygen atoms in total. The summed E-state index contributed by atoms with van der Waals surface area (Å²) in [6.07, 6.45) is 2.11. The Balaban J connectivity index is 2.05. The molecule has 0 fully saturated rings. The lowest BCUT2D eigenvalue weighted by atomic mass is 10.1. The van der Waals surface area contributed by atoms with Crippen molar-refractivity contribution in [3.63, 3.8) is 0 Å². The molecule has 0 unspecified atom stereocenters. The SMILES string of the molecule is COc1ccc(Nc2ccc(NC(=O)CC(C)C)cn2)c(OC)c1. The summed E-state index contributed by atoms with van der Waals surface area (Å²) in [6.45, 7) is 4.01. The maximum atomic E-state index is 11.8. The lowest BCUT2D eigenvalue weighted by molar-refractivity contribution is -0.116. The van der Waals surface area contributed by atoms with Gasteiger partial charge in [-0.15, -0.1) is 0 Å².